The normalized spacial score (nSPS) is 21.5. The predicted molar refractivity (Wildman–Crippen MR) is 121 cm³/mol. The van der Waals surface area contributed by atoms with Crippen molar-refractivity contribution in [1.82, 2.24) is 10.2 Å². The van der Waals surface area contributed by atoms with Gasteiger partial charge in [0.2, 0.25) is 5.91 Å². The van der Waals surface area contributed by atoms with Crippen LogP contribution in [0, 0.1) is 5.92 Å². The van der Waals surface area contributed by atoms with E-state index in [4.69, 9.17) is 27.9 Å². The number of halogens is 2. The molecule has 0 aromatic heterocycles. The molecule has 1 N–H and O–H groups in total. The van der Waals surface area contributed by atoms with Gasteiger partial charge >= 0.3 is 0 Å². The van der Waals surface area contributed by atoms with Crippen molar-refractivity contribution < 1.29 is 9.53 Å². The van der Waals surface area contributed by atoms with Gasteiger partial charge in [-0.2, -0.15) is 0 Å². The van der Waals surface area contributed by atoms with Gasteiger partial charge in [-0.1, -0.05) is 47.5 Å². The Kier molecular flexibility index (Phi) is 6.29. The van der Waals surface area contributed by atoms with E-state index in [1.165, 1.54) is 0 Å². The Hall–Kier alpha value is -1.75. The van der Waals surface area contributed by atoms with Crippen LogP contribution in [0.2, 0.25) is 10.0 Å². The summed E-state index contributed by atoms with van der Waals surface area (Å²) in [5.74, 6) is 1.07. The van der Waals surface area contributed by atoms with Crippen molar-refractivity contribution in [3.8, 4) is 5.75 Å². The third kappa shape index (κ3) is 4.93. The monoisotopic (exact) mass is 446 g/mol. The van der Waals surface area contributed by atoms with Crippen molar-refractivity contribution in [2.24, 2.45) is 5.92 Å². The lowest BCUT2D eigenvalue weighted by atomic mass is 9.88. The minimum Gasteiger partial charge on any atom is -0.487 e. The SMILES string of the molecule is CC1(C)C[C@H](NC(=O)C2CCN(Cc3ccc(Cl)c(Cl)c3)CC2)c2ccccc2O1. The number of ether oxygens (including phenoxy) is 1. The molecule has 0 radical (unpaired) electrons. The summed E-state index contributed by atoms with van der Waals surface area (Å²) in [6.45, 7) is 6.77. The van der Waals surface area contributed by atoms with Crippen molar-refractivity contribution in [3.63, 3.8) is 0 Å². The Balaban J connectivity index is 1.34. The molecule has 4 nitrogen and oxygen atoms in total. The third-order valence-electron chi connectivity index (χ3n) is 6.04. The average molecular weight is 447 g/mol. The van der Waals surface area contributed by atoms with E-state index in [0.29, 0.717) is 10.0 Å². The highest BCUT2D eigenvalue weighted by atomic mass is 35.5. The summed E-state index contributed by atoms with van der Waals surface area (Å²) in [7, 11) is 0. The van der Waals surface area contributed by atoms with Crippen molar-refractivity contribution in [1.29, 1.82) is 0 Å². The van der Waals surface area contributed by atoms with Crippen LogP contribution in [-0.4, -0.2) is 29.5 Å². The molecule has 2 heterocycles. The number of likely N-dealkylation sites (tertiary alicyclic amines) is 1. The summed E-state index contributed by atoms with van der Waals surface area (Å²) in [5, 5.41) is 4.47. The fourth-order valence-electron chi connectivity index (χ4n) is 4.47. The van der Waals surface area contributed by atoms with E-state index in [-0.39, 0.29) is 23.5 Å². The molecule has 160 valence electrons. The minimum atomic E-state index is -0.296. The number of rotatable bonds is 4. The third-order valence-corrected chi connectivity index (χ3v) is 6.78. The summed E-state index contributed by atoms with van der Waals surface area (Å²) >= 11 is 12.1. The number of para-hydroxylation sites is 1. The first kappa shape index (κ1) is 21.5. The molecule has 0 saturated carbocycles. The average Bonchev–Trinajstić information content (AvgIpc) is 2.70. The summed E-state index contributed by atoms with van der Waals surface area (Å²) in [6.07, 6.45) is 2.49. The molecule has 30 heavy (non-hydrogen) atoms. The van der Waals surface area contributed by atoms with Crippen molar-refractivity contribution >= 4 is 29.1 Å². The maximum atomic E-state index is 13.0. The van der Waals surface area contributed by atoms with Crippen molar-refractivity contribution in [2.45, 2.75) is 51.3 Å². The molecular weight excluding hydrogens is 419 g/mol. The van der Waals surface area contributed by atoms with Crippen LogP contribution < -0.4 is 10.1 Å². The van der Waals surface area contributed by atoms with Crippen LogP contribution in [0.5, 0.6) is 5.75 Å². The van der Waals surface area contributed by atoms with Crippen LogP contribution in [0.15, 0.2) is 42.5 Å². The van der Waals surface area contributed by atoms with Crippen LogP contribution in [0.3, 0.4) is 0 Å². The first-order valence-electron chi connectivity index (χ1n) is 10.6. The molecular formula is C24H28Cl2N2O2. The highest BCUT2D eigenvalue weighted by molar-refractivity contribution is 6.42. The standard InChI is InChI=1S/C24H28Cl2N2O2/c1-24(2)14-21(18-5-3-4-6-22(18)30-24)27-23(29)17-9-11-28(12-10-17)15-16-7-8-19(25)20(26)13-16/h3-8,13,17,21H,9-12,14-15H2,1-2H3,(H,27,29)/t21-/m0/s1. The van der Waals surface area contributed by atoms with Crippen LogP contribution >= 0.6 is 23.2 Å². The number of hydrogen-bond donors (Lipinski definition) is 1. The number of nitrogens with one attached hydrogen (secondary N) is 1. The van der Waals surface area contributed by atoms with Crippen molar-refractivity contribution in [2.75, 3.05) is 13.1 Å². The molecule has 4 rings (SSSR count). The summed E-state index contributed by atoms with van der Waals surface area (Å²) in [5.41, 5.74) is 1.92. The summed E-state index contributed by atoms with van der Waals surface area (Å²) in [6, 6.07) is 13.8. The highest BCUT2D eigenvalue weighted by Gasteiger charge is 2.35. The zero-order chi connectivity index (χ0) is 21.3. The fraction of sp³-hybridized carbons (Fsp3) is 0.458. The van der Waals surface area contributed by atoms with Gasteiger partial charge in [-0.3, -0.25) is 9.69 Å². The molecule has 2 aromatic rings. The number of piperidine rings is 1. The molecule has 1 amide bonds. The molecule has 1 saturated heterocycles. The van der Waals surface area contributed by atoms with E-state index in [0.717, 1.165) is 55.8 Å². The lowest BCUT2D eigenvalue weighted by Crippen LogP contribution is -2.45. The Morgan fingerprint density at radius 3 is 2.60 bits per heavy atom. The lowest BCUT2D eigenvalue weighted by molar-refractivity contribution is -0.127. The van der Waals surface area contributed by atoms with E-state index in [1.807, 2.05) is 36.4 Å². The first-order chi connectivity index (χ1) is 14.3. The molecule has 2 aliphatic heterocycles. The number of benzene rings is 2. The zero-order valence-corrected chi connectivity index (χ0v) is 19.0. The molecule has 0 spiro atoms. The smallest absolute Gasteiger partial charge is 0.223 e. The largest absolute Gasteiger partial charge is 0.487 e. The van der Waals surface area contributed by atoms with Gasteiger partial charge in [0.05, 0.1) is 16.1 Å². The van der Waals surface area contributed by atoms with Gasteiger partial charge in [0.15, 0.2) is 0 Å². The van der Waals surface area contributed by atoms with E-state index >= 15 is 0 Å². The van der Waals surface area contributed by atoms with Gasteiger partial charge in [-0.05, 0) is 63.5 Å². The molecule has 1 atom stereocenters. The zero-order valence-electron chi connectivity index (χ0n) is 17.5. The number of carbonyl (C=O) groups is 1. The maximum Gasteiger partial charge on any atom is 0.223 e. The van der Waals surface area contributed by atoms with Crippen LogP contribution in [-0.2, 0) is 11.3 Å². The molecule has 6 heteroatoms. The number of hydrogen-bond acceptors (Lipinski definition) is 3. The molecule has 0 unspecified atom stereocenters. The van der Waals surface area contributed by atoms with E-state index < -0.39 is 0 Å². The minimum absolute atomic E-state index is 0.00770. The second-order valence-electron chi connectivity index (χ2n) is 8.96. The molecule has 0 aliphatic carbocycles. The number of nitrogens with zero attached hydrogens (tertiary/aromatic N) is 1. The second-order valence-corrected chi connectivity index (χ2v) is 9.78. The topological polar surface area (TPSA) is 41.6 Å². The van der Waals surface area contributed by atoms with Gasteiger partial charge in [-0.15, -0.1) is 0 Å². The molecule has 2 aliphatic rings. The number of carbonyl (C=O) groups excluding carboxylic acids is 1. The van der Waals surface area contributed by atoms with E-state index in [1.54, 1.807) is 0 Å². The van der Waals surface area contributed by atoms with E-state index in [2.05, 4.69) is 30.1 Å². The maximum absolute atomic E-state index is 13.0. The van der Waals surface area contributed by atoms with Crippen molar-refractivity contribution in [3.05, 3.63) is 63.6 Å². The lowest BCUT2D eigenvalue weighted by Gasteiger charge is -2.39. The Labute approximate surface area is 188 Å². The van der Waals surface area contributed by atoms with Gasteiger partial charge in [0, 0.05) is 24.4 Å². The second kappa shape index (κ2) is 8.78. The summed E-state index contributed by atoms with van der Waals surface area (Å²) < 4.78 is 6.09. The quantitative estimate of drug-likeness (QED) is 0.661. The van der Waals surface area contributed by atoms with Crippen LogP contribution in [0.4, 0.5) is 0 Å². The molecule has 2 aromatic carbocycles. The molecule has 0 bridgehead atoms. The van der Waals surface area contributed by atoms with Gasteiger partial charge in [-0.25, -0.2) is 0 Å². The number of fused-ring (bicyclic) bond motifs is 1. The van der Waals surface area contributed by atoms with Crippen LogP contribution in [0.1, 0.15) is 50.3 Å². The number of amides is 1. The van der Waals surface area contributed by atoms with Gasteiger partial charge in [0.25, 0.3) is 0 Å². The van der Waals surface area contributed by atoms with Crippen LogP contribution in [0.25, 0.3) is 0 Å². The predicted octanol–water partition coefficient (Wildman–Crippen LogP) is 5.62. The van der Waals surface area contributed by atoms with Gasteiger partial charge in [0.1, 0.15) is 11.4 Å². The van der Waals surface area contributed by atoms with E-state index in [9.17, 15) is 4.79 Å². The molecule has 1 fully saturated rings. The Bertz CT molecular complexity index is 923. The summed E-state index contributed by atoms with van der Waals surface area (Å²) in [4.78, 5) is 15.4. The Morgan fingerprint density at radius 2 is 1.87 bits per heavy atom. The first-order valence-corrected chi connectivity index (χ1v) is 11.3. The fourth-order valence-corrected chi connectivity index (χ4v) is 4.79. The highest BCUT2D eigenvalue weighted by Crippen LogP contribution is 2.39. The Morgan fingerprint density at radius 1 is 1.13 bits per heavy atom. The van der Waals surface area contributed by atoms with Gasteiger partial charge < -0.3 is 10.1 Å².